The molecule has 0 aliphatic heterocycles. The predicted molar refractivity (Wildman–Crippen MR) is 79.6 cm³/mol. The zero-order valence-electron chi connectivity index (χ0n) is 11.8. The molecule has 1 amide bonds. The average Bonchev–Trinajstić information content (AvgIpc) is 2.82. The van der Waals surface area contributed by atoms with Crippen LogP contribution < -0.4 is 11.1 Å². The molecule has 0 radical (unpaired) electrons. The van der Waals surface area contributed by atoms with E-state index in [4.69, 9.17) is 5.73 Å². The number of hydrogen-bond donors (Lipinski definition) is 2. The van der Waals surface area contributed by atoms with Gasteiger partial charge in [-0.25, -0.2) is 0 Å². The van der Waals surface area contributed by atoms with Crippen molar-refractivity contribution < 1.29 is 4.79 Å². The Morgan fingerprint density at radius 3 is 2.95 bits per heavy atom. The summed E-state index contributed by atoms with van der Waals surface area (Å²) in [5.74, 6) is -0.463. The fraction of sp³-hybridized carbons (Fsp3) is 0.333. The molecule has 3 N–H and O–H groups in total. The summed E-state index contributed by atoms with van der Waals surface area (Å²) in [5, 5.41) is 3.32. The summed E-state index contributed by atoms with van der Waals surface area (Å²) in [6, 6.07) is 6.18. The number of hydrogen-bond acceptors (Lipinski definition) is 3. The monoisotopic (exact) mass is 272 g/mol. The van der Waals surface area contributed by atoms with Gasteiger partial charge in [0.25, 0.3) is 5.91 Å². The lowest BCUT2D eigenvalue weighted by atomic mass is 10.1. The zero-order chi connectivity index (χ0) is 14.5. The number of rotatable bonds is 6. The number of nitrogens with zero attached hydrogens (tertiary/aromatic N) is 2. The molecule has 0 aliphatic rings. The highest BCUT2D eigenvalue weighted by Gasteiger charge is 2.10. The zero-order valence-corrected chi connectivity index (χ0v) is 11.8. The van der Waals surface area contributed by atoms with E-state index in [1.54, 1.807) is 12.3 Å². The van der Waals surface area contributed by atoms with Crippen molar-refractivity contribution in [3.05, 3.63) is 48.0 Å². The molecule has 20 heavy (non-hydrogen) atoms. The van der Waals surface area contributed by atoms with Crippen molar-refractivity contribution >= 4 is 11.6 Å². The van der Waals surface area contributed by atoms with Gasteiger partial charge in [-0.1, -0.05) is 0 Å². The lowest BCUT2D eigenvalue weighted by molar-refractivity contribution is 0.100. The first-order valence-corrected chi connectivity index (χ1v) is 6.68. The van der Waals surface area contributed by atoms with Crippen LogP contribution in [0.4, 0.5) is 5.69 Å². The molecule has 0 aromatic carbocycles. The van der Waals surface area contributed by atoms with Gasteiger partial charge in [-0.15, -0.1) is 0 Å². The van der Waals surface area contributed by atoms with Crippen molar-refractivity contribution in [3.63, 3.8) is 0 Å². The molecule has 0 fully saturated rings. The van der Waals surface area contributed by atoms with Crippen molar-refractivity contribution in [3.8, 4) is 0 Å². The topological polar surface area (TPSA) is 72.9 Å². The van der Waals surface area contributed by atoms with Crippen LogP contribution in [0.1, 0.15) is 29.4 Å². The molecular formula is C15H20N4O. The number of amides is 1. The Hall–Kier alpha value is -2.30. The third-order valence-corrected chi connectivity index (χ3v) is 3.37. The Morgan fingerprint density at radius 1 is 1.50 bits per heavy atom. The smallest absolute Gasteiger partial charge is 0.252 e. The van der Waals surface area contributed by atoms with Gasteiger partial charge in [-0.2, -0.15) is 0 Å². The number of carbonyl (C=O) groups is 1. The van der Waals surface area contributed by atoms with Crippen LogP contribution in [-0.2, 0) is 13.5 Å². The second-order valence-corrected chi connectivity index (χ2v) is 4.98. The first kappa shape index (κ1) is 14.1. The van der Waals surface area contributed by atoms with Crippen LogP contribution in [0.25, 0.3) is 0 Å². The van der Waals surface area contributed by atoms with Gasteiger partial charge in [0.15, 0.2) is 0 Å². The lowest BCUT2D eigenvalue weighted by Gasteiger charge is -2.17. The summed E-state index contributed by atoms with van der Waals surface area (Å²) < 4.78 is 2.12. The molecule has 0 saturated carbocycles. The fourth-order valence-corrected chi connectivity index (χ4v) is 2.17. The highest BCUT2D eigenvalue weighted by molar-refractivity contribution is 5.98. The Labute approximate surface area is 118 Å². The molecule has 2 aromatic heterocycles. The number of nitrogens with one attached hydrogen (secondary N) is 1. The number of aryl methyl sites for hydroxylation is 2. The number of anilines is 1. The van der Waals surface area contributed by atoms with Gasteiger partial charge in [-0.3, -0.25) is 9.78 Å². The maximum absolute atomic E-state index is 11.3. The van der Waals surface area contributed by atoms with E-state index in [9.17, 15) is 4.79 Å². The number of carbonyl (C=O) groups excluding carboxylic acids is 1. The van der Waals surface area contributed by atoms with Crippen LogP contribution in [0, 0.1) is 0 Å². The van der Waals surface area contributed by atoms with Crippen LogP contribution in [0.3, 0.4) is 0 Å². The van der Waals surface area contributed by atoms with E-state index in [2.05, 4.69) is 27.9 Å². The third-order valence-electron chi connectivity index (χ3n) is 3.37. The van der Waals surface area contributed by atoms with Gasteiger partial charge in [0.2, 0.25) is 0 Å². The first-order chi connectivity index (χ1) is 9.58. The van der Waals surface area contributed by atoms with Gasteiger partial charge >= 0.3 is 0 Å². The van der Waals surface area contributed by atoms with E-state index < -0.39 is 5.91 Å². The Balaban J connectivity index is 1.96. The summed E-state index contributed by atoms with van der Waals surface area (Å²) >= 11 is 0. The van der Waals surface area contributed by atoms with Gasteiger partial charge in [-0.05, 0) is 38.0 Å². The molecule has 5 heteroatoms. The summed E-state index contributed by atoms with van der Waals surface area (Å²) in [6.07, 6.45) is 7.14. The fourth-order valence-electron chi connectivity index (χ4n) is 2.17. The molecule has 0 spiro atoms. The normalized spacial score (nSPS) is 12.1. The molecule has 2 heterocycles. The highest BCUT2D eigenvalue weighted by Crippen LogP contribution is 2.16. The molecular weight excluding hydrogens is 252 g/mol. The second kappa shape index (κ2) is 6.23. The number of nitrogens with two attached hydrogens (primary N) is 1. The maximum Gasteiger partial charge on any atom is 0.252 e. The molecule has 0 aliphatic carbocycles. The summed E-state index contributed by atoms with van der Waals surface area (Å²) in [4.78, 5) is 15.3. The molecule has 1 atom stereocenters. The number of pyridine rings is 1. The number of primary amides is 1. The predicted octanol–water partition coefficient (Wildman–Crippen LogP) is 1.95. The average molecular weight is 272 g/mol. The lowest BCUT2D eigenvalue weighted by Crippen LogP contribution is -2.21. The minimum atomic E-state index is -0.463. The molecule has 1 unspecified atom stereocenters. The standard InChI is InChI=1S/C15H20N4O/c1-11(5-6-12-4-3-9-19(12)2)18-14-7-8-17-10-13(14)15(16)20/h3-4,7-11H,5-6H2,1-2H3,(H2,16,20)(H,17,18). The molecule has 106 valence electrons. The van der Waals surface area contributed by atoms with Crippen LogP contribution in [-0.4, -0.2) is 21.5 Å². The van der Waals surface area contributed by atoms with Gasteiger partial charge in [0.1, 0.15) is 0 Å². The van der Waals surface area contributed by atoms with Gasteiger partial charge in [0, 0.05) is 37.4 Å². The highest BCUT2D eigenvalue weighted by atomic mass is 16.1. The van der Waals surface area contributed by atoms with E-state index in [-0.39, 0.29) is 6.04 Å². The summed E-state index contributed by atoms with van der Waals surface area (Å²) in [5.41, 5.74) is 7.81. The maximum atomic E-state index is 11.3. The van der Waals surface area contributed by atoms with Crippen molar-refractivity contribution in [2.45, 2.75) is 25.8 Å². The van der Waals surface area contributed by atoms with Crippen LogP contribution in [0.15, 0.2) is 36.8 Å². The number of aromatic nitrogens is 2. The Morgan fingerprint density at radius 2 is 2.30 bits per heavy atom. The molecule has 2 aromatic rings. The van der Waals surface area contributed by atoms with E-state index in [1.807, 2.05) is 19.3 Å². The van der Waals surface area contributed by atoms with Crippen LogP contribution >= 0.6 is 0 Å². The van der Waals surface area contributed by atoms with Crippen molar-refractivity contribution in [1.82, 2.24) is 9.55 Å². The van der Waals surface area contributed by atoms with Gasteiger partial charge in [0.05, 0.1) is 11.3 Å². The molecule has 0 saturated heterocycles. The largest absolute Gasteiger partial charge is 0.382 e. The summed E-state index contributed by atoms with van der Waals surface area (Å²) in [6.45, 7) is 2.09. The SMILES string of the molecule is CC(CCc1cccn1C)Nc1ccncc1C(N)=O. The molecule has 5 nitrogen and oxygen atoms in total. The van der Waals surface area contributed by atoms with Crippen molar-refractivity contribution in [2.75, 3.05) is 5.32 Å². The quantitative estimate of drug-likeness (QED) is 0.844. The minimum absolute atomic E-state index is 0.241. The van der Waals surface area contributed by atoms with E-state index in [0.29, 0.717) is 5.56 Å². The van der Waals surface area contributed by atoms with Crippen LogP contribution in [0.5, 0.6) is 0 Å². The van der Waals surface area contributed by atoms with E-state index in [1.165, 1.54) is 11.9 Å². The second-order valence-electron chi connectivity index (χ2n) is 4.98. The molecule has 0 bridgehead atoms. The van der Waals surface area contributed by atoms with Gasteiger partial charge < -0.3 is 15.6 Å². The van der Waals surface area contributed by atoms with Crippen LogP contribution in [0.2, 0.25) is 0 Å². The minimum Gasteiger partial charge on any atom is -0.382 e. The van der Waals surface area contributed by atoms with Crippen molar-refractivity contribution in [2.24, 2.45) is 12.8 Å². The van der Waals surface area contributed by atoms with E-state index >= 15 is 0 Å². The Bertz CT molecular complexity index is 591. The Kier molecular flexibility index (Phi) is 4.40. The first-order valence-electron chi connectivity index (χ1n) is 6.68. The van der Waals surface area contributed by atoms with E-state index in [0.717, 1.165) is 18.5 Å². The summed E-state index contributed by atoms with van der Waals surface area (Å²) in [7, 11) is 2.04. The molecule has 2 rings (SSSR count). The van der Waals surface area contributed by atoms with Crippen molar-refractivity contribution in [1.29, 1.82) is 0 Å². The third kappa shape index (κ3) is 3.38.